The van der Waals surface area contributed by atoms with Crippen molar-refractivity contribution in [1.29, 1.82) is 0 Å². The molecular weight excluding hydrogens is 134 g/mol. The Labute approximate surface area is 69.8 Å². The highest BCUT2D eigenvalue weighted by Crippen LogP contribution is 2.35. The van der Waals surface area contributed by atoms with Gasteiger partial charge in [-0.2, -0.15) is 0 Å². The molecule has 0 unspecified atom stereocenters. The molecule has 0 aromatic rings. The Kier molecular flexibility index (Phi) is 2.17. The summed E-state index contributed by atoms with van der Waals surface area (Å²) < 4.78 is 0. The molecule has 1 heteroatoms. The molecular formula is C10H19N. The summed E-state index contributed by atoms with van der Waals surface area (Å²) in [6.45, 7) is 2.73. The highest BCUT2D eigenvalue weighted by molar-refractivity contribution is 4.81. The van der Waals surface area contributed by atoms with Gasteiger partial charge in [-0.15, -0.1) is 0 Å². The van der Waals surface area contributed by atoms with E-state index in [0.29, 0.717) is 0 Å². The lowest BCUT2D eigenvalue weighted by molar-refractivity contribution is 0.105. The van der Waals surface area contributed by atoms with E-state index in [1.165, 1.54) is 45.2 Å². The van der Waals surface area contributed by atoms with Crippen LogP contribution < -0.4 is 0 Å². The summed E-state index contributed by atoms with van der Waals surface area (Å²) in [5, 5.41) is 0. The average Bonchev–Trinajstić information content (AvgIpc) is 2.04. The van der Waals surface area contributed by atoms with Crippen LogP contribution in [-0.4, -0.2) is 25.0 Å². The van der Waals surface area contributed by atoms with Gasteiger partial charge in [0.2, 0.25) is 0 Å². The Morgan fingerprint density at radius 1 is 1.00 bits per heavy atom. The van der Waals surface area contributed by atoms with Gasteiger partial charge in [0.05, 0.1) is 0 Å². The SMILES string of the molecule is CN1CC[C@H]2CCCC[C@H]2C1. The largest absolute Gasteiger partial charge is 0.306 e. The normalized spacial score (nSPS) is 40.1. The maximum atomic E-state index is 2.51. The molecule has 1 nitrogen and oxygen atoms in total. The van der Waals surface area contributed by atoms with Crippen LogP contribution in [0.4, 0.5) is 0 Å². The highest BCUT2D eigenvalue weighted by atomic mass is 15.1. The molecule has 0 N–H and O–H groups in total. The van der Waals surface area contributed by atoms with E-state index in [1.807, 2.05) is 0 Å². The minimum Gasteiger partial charge on any atom is -0.306 e. The Morgan fingerprint density at radius 3 is 2.55 bits per heavy atom. The van der Waals surface area contributed by atoms with Gasteiger partial charge in [-0.1, -0.05) is 19.3 Å². The number of hydrogen-bond donors (Lipinski definition) is 0. The van der Waals surface area contributed by atoms with Gasteiger partial charge in [-0.3, -0.25) is 0 Å². The van der Waals surface area contributed by atoms with Crippen molar-refractivity contribution < 1.29 is 0 Å². The first-order valence-electron chi connectivity index (χ1n) is 5.05. The number of nitrogens with zero attached hydrogens (tertiary/aromatic N) is 1. The zero-order chi connectivity index (χ0) is 7.68. The Hall–Kier alpha value is -0.0400. The van der Waals surface area contributed by atoms with Crippen molar-refractivity contribution in [3.63, 3.8) is 0 Å². The predicted molar refractivity (Wildman–Crippen MR) is 47.6 cm³/mol. The molecule has 0 bridgehead atoms. The predicted octanol–water partition coefficient (Wildman–Crippen LogP) is 2.13. The summed E-state index contributed by atoms with van der Waals surface area (Å²) in [6.07, 6.45) is 7.51. The van der Waals surface area contributed by atoms with Crippen molar-refractivity contribution in [2.75, 3.05) is 20.1 Å². The fraction of sp³-hybridized carbons (Fsp3) is 1.00. The summed E-state index contributed by atoms with van der Waals surface area (Å²) in [5.74, 6) is 2.16. The lowest BCUT2D eigenvalue weighted by Crippen LogP contribution is -2.39. The fourth-order valence-corrected chi connectivity index (χ4v) is 2.78. The molecule has 0 radical (unpaired) electrons. The molecule has 0 spiro atoms. The maximum Gasteiger partial charge on any atom is 0.000926 e. The minimum atomic E-state index is 1.06. The van der Waals surface area contributed by atoms with Crippen LogP contribution in [-0.2, 0) is 0 Å². The monoisotopic (exact) mass is 153 g/mol. The third-order valence-electron chi connectivity index (χ3n) is 3.49. The molecule has 2 fully saturated rings. The number of fused-ring (bicyclic) bond motifs is 1. The molecule has 0 aromatic heterocycles. The second-order valence-corrected chi connectivity index (χ2v) is 4.36. The van der Waals surface area contributed by atoms with Crippen molar-refractivity contribution in [2.45, 2.75) is 32.1 Å². The molecule has 1 saturated carbocycles. The van der Waals surface area contributed by atoms with E-state index in [9.17, 15) is 0 Å². The van der Waals surface area contributed by atoms with Crippen molar-refractivity contribution in [3.05, 3.63) is 0 Å². The van der Waals surface area contributed by atoms with Gasteiger partial charge in [0, 0.05) is 6.54 Å². The second kappa shape index (κ2) is 3.14. The first-order valence-corrected chi connectivity index (χ1v) is 5.05. The minimum absolute atomic E-state index is 1.06. The zero-order valence-corrected chi connectivity index (χ0v) is 7.55. The number of likely N-dealkylation sites (tertiary alicyclic amines) is 1. The summed E-state index contributed by atoms with van der Waals surface area (Å²) in [5.41, 5.74) is 0. The summed E-state index contributed by atoms with van der Waals surface area (Å²) in [6, 6.07) is 0. The van der Waals surface area contributed by atoms with E-state index >= 15 is 0 Å². The van der Waals surface area contributed by atoms with Gasteiger partial charge in [-0.05, 0) is 38.3 Å². The smallest absolute Gasteiger partial charge is 0.000926 e. The molecule has 64 valence electrons. The molecule has 1 aliphatic carbocycles. The lowest BCUT2D eigenvalue weighted by atomic mass is 9.75. The number of rotatable bonds is 0. The van der Waals surface area contributed by atoms with Gasteiger partial charge in [0.15, 0.2) is 0 Å². The van der Waals surface area contributed by atoms with Crippen LogP contribution in [0.2, 0.25) is 0 Å². The quantitative estimate of drug-likeness (QED) is 0.515. The van der Waals surface area contributed by atoms with Crippen LogP contribution in [0.15, 0.2) is 0 Å². The summed E-state index contributed by atoms with van der Waals surface area (Å²) >= 11 is 0. The van der Waals surface area contributed by atoms with Crippen LogP contribution in [0.25, 0.3) is 0 Å². The standard InChI is InChI=1S/C10H19N/c1-11-7-6-9-4-2-3-5-10(9)8-11/h9-10H,2-8H2,1H3/t9-,10+/m1/s1. The topological polar surface area (TPSA) is 3.24 Å². The van der Waals surface area contributed by atoms with E-state index in [2.05, 4.69) is 11.9 Å². The molecule has 2 atom stereocenters. The molecule has 1 heterocycles. The Morgan fingerprint density at radius 2 is 1.73 bits per heavy atom. The molecule has 0 amide bonds. The van der Waals surface area contributed by atoms with Crippen molar-refractivity contribution in [1.82, 2.24) is 4.90 Å². The van der Waals surface area contributed by atoms with Crippen LogP contribution in [0, 0.1) is 11.8 Å². The van der Waals surface area contributed by atoms with Gasteiger partial charge in [-0.25, -0.2) is 0 Å². The first kappa shape index (κ1) is 7.60. The molecule has 0 aromatic carbocycles. The zero-order valence-electron chi connectivity index (χ0n) is 7.55. The lowest BCUT2D eigenvalue weighted by Gasteiger charge is -2.39. The van der Waals surface area contributed by atoms with Crippen LogP contribution in [0.1, 0.15) is 32.1 Å². The highest BCUT2D eigenvalue weighted by Gasteiger charge is 2.29. The molecule has 1 aliphatic heterocycles. The van der Waals surface area contributed by atoms with Crippen molar-refractivity contribution in [3.8, 4) is 0 Å². The molecule has 2 aliphatic rings. The van der Waals surface area contributed by atoms with Gasteiger partial charge in [0.1, 0.15) is 0 Å². The third kappa shape index (κ3) is 1.58. The van der Waals surface area contributed by atoms with Crippen molar-refractivity contribution >= 4 is 0 Å². The van der Waals surface area contributed by atoms with Gasteiger partial charge in [0.25, 0.3) is 0 Å². The first-order chi connectivity index (χ1) is 5.36. The van der Waals surface area contributed by atoms with Gasteiger partial charge >= 0.3 is 0 Å². The van der Waals surface area contributed by atoms with Crippen LogP contribution >= 0.6 is 0 Å². The van der Waals surface area contributed by atoms with E-state index in [-0.39, 0.29) is 0 Å². The average molecular weight is 153 g/mol. The summed E-state index contributed by atoms with van der Waals surface area (Å²) in [4.78, 5) is 2.51. The Bertz CT molecular complexity index is 133. The third-order valence-corrected chi connectivity index (χ3v) is 3.49. The van der Waals surface area contributed by atoms with Crippen LogP contribution in [0.5, 0.6) is 0 Å². The van der Waals surface area contributed by atoms with Crippen molar-refractivity contribution in [2.24, 2.45) is 11.8 Å². The molecule has 11 heavy (non-hydrogen) atoms. The summed E-state index contributed by atoms with van der Waals surface area (Å²) in [7, 11) is 2.27. The van der Waals surface area contributed by atoms with E-state index in [1.54, 1.807) is 0 Å². The fourth-order valence-electron chi connectivity index (χ4n) is 2.78. The van der Waals surface area contributed by atoms with E-state index < -0.39 is 0 Å². The van der Waals surface area contributed by atoms with E-state index in [4.69, 9.17) is 0 Å². The molecule has 1 saturated heterocycles. The second-order valence-electron chi connectivity index (χ2n) is 4.36. The van der Waals surface area contributed by atoms with Gasteiger partial charge < -0.3 is 4.90 Å². The Balaban J connectivity index is 1.93. The maximum absolute atomic E-state index is 2.51. The van der Waals surface area contributed by atoms with E-state index in [0.717, 1.165) is 11.8 Å². The number of piperidine rings is 1. The molecule has 2 rings (SSSR count). The number of hydrogen-bond acceptors (Lipinski definition) is 1. The van der Waals surface area contributed by atoms with Crippen LogP contribution in [0.3, 0.4) is 0 Å².